The summed E-state index contributed by atoms with van der Waals surface area (Å²) < 4.78 is 0. The van der Waals surface area contributed by atoms with Crippen molar-refractivity contribution in [3.8, 4) is 0 Å². The predicted molar refractivity (Wildman–Crippen MR) is 94.1 cm³/mol. The first-order chi connectivity index (χ1) is 10.8. The van der Waals surface area contributed by atoms with Crippen LogP contribution in [0.25, 0.3) is 0 Å². The van der Waals surface area contributed by atoms with Crippen molar-refractivity contribution >= 4 is 0 Å². The summed E-state index contributed by atoms with van der Waals surface area (Å²) in [6, 6.07) is 9.09. The van der Waals surface area contributed by atoms with Gasteiger partial charge in [0.25, 0.3) is 0 Å². The van der Waals surface area contributed by atoms with E-state index in [0.717, 1.165) is 12.5 Å². The molecule has 1 aromatic carbocycles. The van der Waals surface area contributed by atoms with Crippen LogP contribution >= 0.6 is 0 Å². The Balaban J connectivity index is 1.49. The number of piperidine rings is 1. The van der Waals surface area contributed by atoms with Gasteiger partial charge >= 0.3 is 0 Å². The molecule has 2 aliphatic rings. The van der Waals surface area contributed by atoms with Gasteiger partial charge in [0, 0.05) is 19.6 Å². The van der Waals surface area contributed by atoms with E-state index in [0.29, 0.717) is 0 Å². The Hall–Kier alpha value is -0.860. The van der Waals surface area contributed by atoms with Crippen LogP contribution in [0.2, 0.25) is 0 Å². The normalized spacial score (nSPS) is 25.0. The van der Waals surface area contributed by atoms with Gasteiger partial charge in [-0.2, -0.15) is 0 Å². The summed E-state index contributed by atoms with van der Waals surface area (Å²) in [6.45, 7) is 9.90. The number of aryl methyl sites for hydroxylation is 1. The lowest BCUT2D eigenvalue weighted by atomic mass is 9.96. The van der Waals surface area contributed by atoms with Crippen molar-refractivity contribution in [3.05, 3.63) is 35.4 Å². The first-order valence-corrected chi connectivity index (χ1v) is 9.30. The Morgan fingerprint density at radius 2 is 1.55 bits per heavy atom. The molecule has 3 rings (SSSR count). The molecule has 1 unspecified atom stereocenters. The molecule has 0 spiro atoms. The number of nitrogens with zero attached hydrogens (tertiary/aromatic N) is 2. The van der Waals surface area contributed by atoms with E-state index in [2.05, 4.69) is 41.0 Å². The quantitative estimate of drug-likeness (QED) is 0.826. The van der Waals surface area contributed by atoms with Crippen molar-refractivity contribution in [1.29, 1.82) is 0 Å². The minimum absolute atomic E-state index is 0.886. The van der Waals surface area contributed by atoms with E-state index in [4.69, 9.17) is 0 Å². The van der Waals surface area contributed by atoms with Crippen LogP contribution < -0.4 is 0 Å². The molecule has 0 saturated carbocycles. The van der Waals surface area contributed by atoms with Crippen molar-refractivity contribution in [2.75, 3.05) is 32.7 Å². The van der Waals surface area contributed by atoms with Gasteiger partial charge in [-0.25, -0.2) is 0 Å². The average molecular weight is 300 g/mol. The van der Waals surface area contributed by atoms with E-state index >= 15 is 0 Å². The van der Waals surface area contributed by atoms with Crippen LogP contribution in [-0.2, 0) is 6.54 Å². The fourth-order valence-electron chi connectivity index (χ4n) is 4.08. The number of benzene rings is 1. The van der Waals surface area contributed by atoms with E-state index in [9.17, 15) is 0 Å². The van der Waals surface area contributed by atoms with Crippen LogP contribution in [0.1, 0.15) is 49.7 Å². The van der Waals surface area contributed by atoms with E-state index in [-0.39, 0.29) is 0 Å². The predicted octanol–water partition coefficient (Wildman–Crippen LogP) is 4.08. The molecule has 1 atom stereocenters. The molecule has 122 valence electrons. The van der Waals surface area contributed by atoms with Crippen molar-refractivity contribution < 1.29 is 0 Å². The molecule has 0 radical (unpaired) electrons. The van der Waals surface area contributed by atoms with Gasteiger partial charge in [-0.05, 0) is 63.7 Å². The third kappa shape index (κ3) is 4.82. The largest absolute Gasteiger partial charge is 0.303 e. The Bertz CT molecular complexity index is 432. The molecule has 0 amide bonds. The van der Waals surface area contributed by atoms with E-state index in [1.807, 2.05) is 0 Å². The highest BCUT2D eigenvalue weighted by Gasteiger charge is 2.22. The molecule has 0 aliphatic carbocycles. The van der Waals surface area contributed by atoms with Gasteiger partial charge in [0.05, 0.1) is 0 Å². The molecule has 2 heteroatoms. The molecule has 2 heterocycles. The minimum atomic E-state index is 0.886. The lowest BCUT2D eigenvalue weighted by Crippen LogP contribution is -2.41. The number of likely N-dealkylation sites (tertiary alicyclic amines) is 2. The minimum Gasteiger partial charge on any atom is -0.303 e. The molecular formula is C20H32N2. The van der Waals surface area contributed by atoms with Crippen LogP contribution in [0.5, 0.6) is 0 Å². The summed E-state index contributed by atoms with van der Waals surface area (Å²) in [5.41, 5.74) is 2.84. The maximum Gasteiger partial charge on any atom is 0.0233 e. The first-order valence-electron chi connectivity index (χ1n) is 9.30. The van der Waals surface area contributed by atoms with E-state index in [1.54, 1.807) is 0 Å². The second kappa shape index (κ2) is 8.12. The Kier molecular flexibility index (Phi) is 5.91. The molecule has 2 fully saturated rings. The van der Waals surface area contributed by atoms with Gasteiger partial charge < -0.3 is 4.90 Å². The van der Waals surface area contributed by atoms with Crippen LogP contribution in [0.15, 0.2) is 24.3 Å². The van der Waals surface area contributed by atoms with Crippen LogP contribution in [0.3, 0.4) is 0 Å². The highest BCUT2D eigenvalue weighted by Crippen LogP contribution is 2.21. The molecule has 2 saturated heterocycles. The highest BCUT2D eigenvalue weighted by atomic mass is 15.2. The lowest BCUT2D eigenvalue weighted by molar-refractivity contribution is 0.129. The molecule has 0 N–H and O–H groups in total. The van der Waals surface area contributed by atoms with E-state index < -0.39 is 0 Å². The smallest absolute Gasteiger partial charge is 0.0233 e. The second-order valence-electron chi connectivity index (χ2n) is 7.44. The average Bonchev–Trinajstić information content (AvgIpc) is 2.79. The molecule has 22 heavy (non-hydrogen) atoms. The zero-order chi connectivity index (χ0) is 15.2. The first kappa shape index (κ1) is 16.0. The van der Waals surface area contributed by atoms with Crippen molar-refractivity contribution in [1.82, 2.24) is 9.80 Å². The van der Waals surface area contributed by atoms with Crippen molar-refractivity contribution in [2.24, 2.45) is 5.92 Å². The summed E-state index contributed by atoms with van der Waals surface area (Å²) in [5, 5.41) is 0. The summed E-state index contributed by atoms with van der Waals surface area (Å²) in [5.74, 6) is 0.886. The fraction of sp³-hybridized carbons (Fsp3) is 0.700. The molecule has 2 nitrogen and oxygen atoms in total. The monoisotopic (exact) mass is 300 g/mol. The summed E-state index contributed by atoms with van der Waals surface area (Å²) in [6.07, 6.45) is 8.53. The zero-order valence-corrected chi connectivity index (χ0v) is 14.3. The summed E-state index contributed by atoms with van der Waals surface area (Å²) in [4.78, 5) is 5.42. The highest BCUT2D eigenvalue weighted by molar-refractivity contribution is 5.21. The fourth-order valence-corrected chi connectivity index (χ4v) is 4.08. The number of hydrogen-bond donors (Lipinski definition) is 0. The third-order valence-corrected chi connectivity index (χ3v) is 5.34. The molecule has 0 aromatic heterocycles. The third-order valence-electron chi connectivity index (χ3n) is 5.34. The molecular weight excluding hydrogens is 268 g/mol. The second-order valence-corrected chi connectivity index (χ2v) is 7.44. The van der Waals surface area contributed by atoms with Crippen LogP contribution in [0, 0.1) is 12.8 Å². The summed E-state index contributed by atoms with van der Waals surface area (Å²) >= 11 is 0. The molecule has 0 bridgehead atoms. The maximum absolute atomic E-state index is 2.74. The SMILES string of the molecule is Cc1ccc(CN2CCCC(CN3CCCCCC3)C2)cc1. The molecule has 2 aliphatic heterocycles. The maximum atomic E-state index is 2.74. The standard InChI is InChI=1S/C20H32N2/c1-18-8-10-19(11-9-18)15-22-14-6-7-20(17-22)16-21-12-4-2-3-5-13-21/h8-11,20H,2-7,12-17H2,1H3. The van der Waals surface area contributed by atoms with Gasteiger partial charge in [-0.3, -0.25) is 4.90 Å². The van der Waals surface area contributed by atoms with Gasteiger partial charge in [0.1, 0.15) is 0 Å². The number of rotatable bonds is 4. The topological polar surface area (TPSA) is 6.48 Å². The van der Waals surface area contributed by atoms with Crippen molar-refractivity contribution in [2.45, 2.75) is 52.0 Å². The van der Waals surface area contributed by atoms with E-state index in [1.165, 1.54) is 82.4 Å². The number of hydrogen-bond acceptors (Lipinski definition) is 2. The Morgan fingerprint density at radius 3 is 2.27 bits per heavy atom. The van der Waals surface area contributed by atoms with Gasteiger partial charge in [0.2, 0.25) is 0 Å². The summed E-state index contributed by atoms with van der Waals surface area (Å²) in [7, 11) is 0. The van der Waals surface area contributed by atoms with Gasteiger partial charge in [-0.1, -0.05) is 42.7 Å². The van der Waals surface area contributed by atoms with Gasteiger partial charge in [-0.15, -0.1) is 0 Å². The van der Waals surface area contributed by atoms with Crippen molar-refractivity contribution in [3.63, 3.8) is 0 Å². The van der Waals surface area contributed by atoms with Crippen LogP contribution in [0.4, 0.5) is 0 Å². The zero-order valence-electron chi connectivity index (χ0n) is 14.3. The molecule has 1 aromatic rings. The Morgan fingerprint density at radius 1 is 0.864 bits per heavy atom. The van der Waals surface area contributed by atoms with Crippen LogP contribution in [-0.4, -0.2) is 42.5 Å². The Labute approximate surface area is 136 Å². The van der Waals surface area contributed by atoms with Gasteiger partial charge in [0.15, 0.2) is 0 Å². The lowest BCUT2D eigenvalue weighted by Gasteiger charge is -2.35.